The summed E-state index contributed by atoms with van der Waals surface area (Å²) < 4.78 is 1.66. The second-order valence-corrected chi connectivity index (χ2v) is 5.06. The Morgan fingerprint density at radius 1 is 1.38 bits per heavy atom. The highest BCUT2D eigenvalue weighted by atomic mass is 32.1. The zero-order chi connectivity index (χ0) is 14.8. The molecule has 3 aromatic rings. The van der Waals surface area contributed by atoms with E-state index in [1.54, 1.807) is 11.0 Å². The van der Waals surface area contributed by atoms with Crippen molar-refractivity contribution in [2.24, 2.45) is 12.8 Å². The van der Waals surface area contributed by atoms with Crippen LogP contribution in [0.3, 0.4) is 0 Å². The van der Waals surface area contributed by atoms with Gasteiger partial charge in [-0.3, -0.25) is 4.68 Å². The van der Waals surface area contributed by atoms with Gasteiger partial charge in [-0.2, -0.15) is 5.10 Å². The van der Waals surface area contributed by atoms with Gasteiger partial charge in [-0.1, -0.05) is 30.4 Å². The molecular weight excluding hydrogens is 284 g/mol. The number of hydrogen-bond acceptors (Lipinski definition) is 5. The van der Waals surface area contributed by atoms with E-state index in [0.29, 0.717) is 23.2 Å². The molecule has 3 N–H and O–H groups in total. The van der Waals surface area contributed by atoms with Crippen molar-refractivity contribution < 1.29 is 0 Å². The quantitative estimate of drug-likeness (QED) is 0.712. The average molecular weight is 298 g/mol. The highest BCUT2D eigenvalue weighted by molar-refractivity contribution is 7.80. The lowest BCUT2D eigenvalue weighted by molar-refractivity contribution is 0.747. The molecule has 0 unspecified atom stereocenters. The lowest BCUT2D eigenvalue weighted by Crippen LogP contribution is -2.12. The van der Waals surface area contributed by atoms with Crippen molar-refractivity contribution in [3.8, 4) is 0 Å². The number of nitrogens with zero attached hydrogens (tertiary/aromatic N) is 4. The standard InChI is InChI=1S/C14H14N6S/c1-20-8-17-13(19-20)7-16-12-6-10(14(15)21)9-4-2-3-5-11(9)18-12/h2-6,8H,7H2,1H3,(H2,15,21)(H,16,18). The summed E-state index contributed by atoms with van der Waals surface area (Å²) in [6, 6.07) is 9.62. The van der Waals surface area contributed by atoms with E-state index in [0.717, 1.165) is 16.5 Å². The van der Waals surface area contributed by atoms with Gasteiger partial charge >= 0.3 is 0 Å². The molecular formula is C14H14N6S. The molecule has 2 aromatic heterocycles. The van der Waals surface area contributed by atoms with Crippen molar-refractivity contribution in [2.75, 3.05) is 5.32 Å². The highest BCUT2D eigenvalue weighted by Gasteiger charge is 2.08. The van der Waals surface area contributed by atoms with Gasteiger partial charge in [-0.15, -0.1) is 0 Å². The first-order valence-electron chi connectivity index (χ1n) is 6.41. The number of hydrogen-bond donors (Lipinski definition) is 2. The fourth-order valence-electron chi connectivity index (χ4n) is 2.10. The predicted molar refractivity (Wildman–Crippen MR) is 86.0 cm³/mol. The summed E-state index contributed by atoms with van der Waals surface area (Å²) in [6.45, 7) is 0.489. The fraction of sp³-hybridized carbons (Fsp3) is 0.143. The number of nitrogens with one attached hydrogen (secondary N) is 1. The Bertz CT molecular complexity index is 810. The minimum Gasteiger partial charge on any atom is -0.389 e. The Balaban J connectivity index is 1.93. The molecule has 7 heteroatoms. The second-order valence-electron chi connectivity index (χ2n) is 4.62. The lowest BCUT2D eigenvalue weighted by Gasteiger charge is -2.09. The van der Waals surface area contributed by atoms with E-state index in [-0.39, 0.29) is 0 Å². The van der Waals surface area contributed by atoms with Gasteiger partial charge in [0.05, 0.1) is 12.1 Å². The second kappa shape index (κ2) is 5.45. The number of nitrogens with two attached hydrogens (primary N) is 1. The van der Waals surface area contributed by atoms with E-state index in [2.05, 4.69) is 20.4 Å². The molecule has 0 saturated heterocycles. The molecule has 0 atom stereocenters. The molecule has 106 valence electrons. The molecule has 21 heavy (non-hydrogen) atoms. The van der Waals surface area contributed by atoms with Crippen LogP contribution in [0.25, 0.3) is 10.9 Å². The predicted octanol–water partition coefficient (Wildman–Crippen LogP) is 1.61. The number of benzene rings is 1. The highest BCUT2D eigenvalue weighted by Crippen LogP contribution is 2.20. The number of pyridine rings is 1. The van der Waals surface area contributed by atoms with E-state index in [1.165, 1.54) is 0 Å². The zero-order valence-corrected chi connectivity index (χ0v) is 12.3. The van der Waals surface area contributed by atoms with Gasteiger partial charge < -0.3 is 11.1 Å². The topological polar surface area (TPSA) is 81.7 Å². The zero-order valence-electron chi connectivity index (χ0n) is 11.4. The molecule has 0 saturated carbocycles. The maximum absolute atomic E-state index is 5.81. The number of aromatic nitrogens is 4. The molecule has 1 aromatic carbocycles. The van der Waals surface area contributed by atoms with E-state index in [1.807, 2.05) is 37.4 Å². The van der Waals surface area contributed by atoms with E-state index >= 15 is 0 Å². The van der Waals surface area contributed by atoms with Crippen molar-refractivity contribution >= 4 is 33.9 Å². The SMILES string of the molecule is Cn1cnc(CNc2cc(C(N)=S)c3ccccc3n2)n1. The number of fused-ring (bicyclic) bond motifs is 1. The summed E-state index contributed by atoms with van der Waals surface area (Å²) in [5, 5.41) is 8.36. The van der Waals surface area contributed by atoms with Crippen LogP contribution >= 0.6 is 12.2 Å². The van der Waals surface area contributed by atoms with Crippen LogP contribution in [0, 0.1) is 0 Å². The largest absolute Gasteiger partial charge is 0.389 e. The Morgan fingerprint density at radius 2 is 2.19 bits per heavy atom. The van der Waals surface area contributed by atoms with Crippen molar-refractivity contribution in [3.63, 3.8) is 0 Å². The molecule has 2 heterocycles. The average Bonchev–Trinajstić information content (AvgIpc) is 2.89. The monoisotopic (exact) mass is 298 g/mol. The normalized spacial score (nSPS) is 10.7. The van der Waals surface area contributed by atoms with Gasteiger partial charge in [0, 0.05) is 18.0 Å². The third kappa shape index (κ3) is 2.82. The minimum atomic E-state index is 0.354. The first-order valence-corrected chi connectivity index (χ1v) is 6.82. The maximum atomic E-state index is 5.81. The molecule has 0 fully saturated rings. The van der Waals surface area contributed by atoms with Gasteiger partial charge in [0.2, 0.25) is 0 Å². The van der Waals surface area contributed by atoms with Crippen LogP contribution in [0.4, 0.5) is 5.82 Å². The number of thiocarbonyl (C=S) groups is 1. The molecule has 0 aliphatic heterocycles. The summed E-state index contributed by atoms with van der Waals surface area (Å²) in [4.78, 5) is 9.07. The molecule has 0 aliphatic rings. The van der Waals surface area contributed by atoms with E-state index < -0.39 is 0 Å². The molecule has 6 nitrogen and oxygen atoms in total. The van der Waals surface area contributed by atoms with Crippen LogP contribution in [0.2, 0.25) is 0 Å². The molecule has 0 spiro atoms. The van der Waals surface area contributed by atoms with Crippen LogP contribution in [-0.4, -0.2) is 24.7 Å². The molecule has 0 bridgehead atoms. The maximum Gasteiger partial charge on any atom is 0.169 e. The van der Waals surface area contributed by atoms with Crippen molar-refractivity contribution in [1.29, 1.82) is 0 Å². The Morgan fingerprint density at radius 3 is 2.90 bits per heavy atom. The van der Waals surface area contributed by atoms with Gasteiger partial charge in [-0.05, 0) is 12.1 Å². The Kier molecular flexibility index (Phi) is 3.49. The first kappa shape index (κ1) is 13.4. The lowest BCUT2D eigenvalue weighted by atomic mass is 10.1. The van der Waals surface area contributed by atoms with Crippen LogP contribution in [-0.2, 0) is 13.6 Å². The summed E-state index contributed by atoms with van der Waals surface area (Å²) in [5.41, 5.74) is 7.47. The van der Waals surface area contributed by atoms with Crippen molar-refractivity contribution in [3.05, 3.63) is 48.0 Å². The van der Waals surface area contributed by atoms with Crippen LogP contribution in [0.5, 0.6) is 0 Å². The van der Waals surface area contributed by atoms with Gasteiger partial charge in [0.1, 0.15) is 17.1 Å². The minimum absolute atomic E-state index is 0.354. The third-order valence-corrected chi connectivity index (χ3v) is 3.28. The third-order valence-electron chi connectivity index (χ3n) is 3.06. The summed E-state index contributed by atoms with van der Waals surface area (Å²) >= 11 is 5.12. The molecule has 0 radical (unpaired) electrons. The van der Waals surface area contributed by atoms with Crippen LogP contribution < -0.4 is 11.1 Å². The summed E-state index contributed by atoms with van der Waals surface area (Å²) in [6.07, 6.45) is 1.66. The van der Waals surface area contributed by atoms with Crippen LogP contribution in [0.15, 0.2) is 36.7 Å². The molecule has 0 aliphatic carbocycles. The Labute approximate surface area is 127 Å². The van der Waals surface area contributed by atoms with Crippen molar-refractivity contribution in [1.82, 2.24) is 19.7 Å². The Hall–Kier alpha value is -2.54. The summed E-state index contributed by atoms with van der Waals surface area (Å²) in [5.74, 6) is 1.40. The van der Waals surface area contributed by atoms with Crippen LogP contribution in [0.1, 0.15) is 11.4 Å². The number of para-hydroxylation sites is 1. The van der Waals surface area contributed by atoms with Gasteiger partial charge in [-0.25, -0.2) is 9.97 Å². The fourth-order valence-corrected chi connectivity index (χ4v) is 2.27. The molecule has 0 amide bonds. The summed E-state index contributed by atoms with van der Waals surface area (Å²) in [7, 11) is 1.83. The number of rotatable bonds is 4. The van der Waals surface area contributed by atoms with Crippen molar-refractivity contribution in [2.45, 2.75) is 6.54 Å². The number of aryl methyl sites for hydroxylation is 1. The first-order chi connectivity index (χ1) is 10.1. The molecule has 3 rings (SSSR count). The van der Waals surface area contributed by atoms with E-state index in [4.69, 9.17) is 18.0 Å². The number of anilines is 1. The van der Waals surface area contributed by atoms with Gasteiger partial charge in [0.25, 0.3) is 0 Å². The van der Waals surface area contributed by atoms with Gasteiger partial charge in [0.15, 0.2) is 5.82 Å². The van der Waals surface area contributed by atoms with E-state index in [9.17, 15) is 0 Å². The smallest absolute Gasteiger partial charge is 0.169 e.